The summed E-state index contributed by atoms with van der Waals surface area (Å²) in [6.45, 7) is 3.17. The number of nitrogens with one attached hydrogen (secondary N) is 1. The lowest BCUT2D eigenvalue weighted by Crippen LogP contribution is -2.52. The van der Waals surface area contributed by atoms with Crippen LogP contribution >= 0.6 is 11.6 Å². The zero-order chi connectivity index (χ0) is 22.6. The van der Waals surface area contributed by atoms with Crippen molar-refractivity contribution in [2.45, 2.75) is 43.9 Å². The van der Waals surface area contributed by atoms with Gasteiger partial charge in [-0.15, -0.1) is 0 Å². The van der Waals surface area contributed by atoms with Crippen LogP contribution in [0.1, 0.15) is 27.2 Å². The van der Waals surface area contributed by atoms with E-state index in [4.69, 9.17) is 16.3 Å². The fraction of sp³-hybridized carbons (Fsp3) is 0.500. The van der Waals surface area contributed by atoms with Crippen LogP contribution in [0, 0.1) is 0 Å². The third kappa shape index (κ3) is 5.52. The van der Waals surface area contributed by atoms with Crippen LogP contribution in [0.25, 0.3) is 0 Å². The minimum Gasteiger partial charge on any atom is -0.449 e. The largest absolute Gasteiger partial charge is 0.449 e. The van der Waals surface area contributed by atoms with Crippen LogP contribution in [0.15, 0.2) is 23.1 Å². The SMILES string of the molecule is CCCN(C(=O)OCC)S(=O)(=O)c1ccc(NC(=O)[C@@](C)(O)C(F)(F)F)c(Cl)c1. The van der Waals surface area contributed by atoms with Gasteiger partial charge in [0.15, 0.2) is 0 Å². The van der Waals surface area contributed by atoms with Crippen molar-refractivity contribution in [3.8, 4) is 0 Å². The second-order valence-electron chi connectivity index (χ2n) is 5.94. The molecule has 0 saturated carbocycles. The molecular weight excluding hydrogens is 441 g/mol. The van der Waals surface area contributed by atoms with E-state index in [9.17, 15) is 36.3 Å². The van der Waals surface area contributed by atoms with Gasteiger partial charge in [0.2, 0.25) is 5.60 Å². The van der Waals surface area contributed by atoms with Crippen LogP contribution in [-0.4, -0.2) is 54.8 Å². The van der Waals surface area contributed by atoms with Gasteiger partial charge in [0.05, 0.1) is 22.2 Å². The normalized spacial score (nSPS) is 14.1. The Bertz CT molecular complexity index is 874. The van der Waals surface area contributed by atoms with Gasteiger partial charge in [-0.25, -0.2) is 17.5 Å². The quantitative estimate of drug-likeness (QED) is 0.646. The Hall–Kier alpha value is -2.05. The molecule has 2 N–H and O–H groups in total. The van der Waals surface area contributed by atoms with Crippen molar-refractivity contribution in [1.82, 2.24) is 4.31 Å². The van der Waals surface area contributed by atoms with Gasteiger partial charge < -0.3 is 15.2 Å². The monoisotopic (exact) mass is 460 g/mol. The Morgan fingerprint density at radius 1 is 1.28 bits per heavy atom. The molecule has 29 heavy (non-hydrogen) atoms. The van der Waals surface area contributed by atoms with Gasteiger partial charge in [-0.1, -0.05) is 18.5 Å². The maximum Gasteiger partial charge on any atom is 0.426 e. The molecule has 1 aromatic rings. The summed E-state index contributed by atoms with van der Waals surface area (Å²) in [6, 6.07) is 2.74. The number of hydrogen-bond acceptors (Lipinski definition) is 6. The molecule has 1 aromatic carbocycles. The lowest BCUT2D eigenvalue weighted by atomic mass is 10.1. The summed E-state index contributed by atoms with van der Waals surface area (Å²) in [5.41, 5.74) is -4.05. The molecule has 0 heterocycles. The minimum absolute atomic E-state index is 0.0561. The summed E-state index contributed by atoms with van der Waals surface area (Å²) in [5.74, 6) is -1.80. The topological polar surface area (TPSA) is 113 Å². The summed E-state index contributed by atoms with van der Waals surface area (Å²) in [4.78, 5) is 23.3. The van der Waals surface area contributed by atoms with Crippen LogP contribution in [0.3, 0.4) is 0 Å². The predicted octanol–water partition coefficient (Wildman–Crippen LogP) is 3.15. The molecule has 0 spiro atoms. The van der Waals surface area contributed by atoms with E-state index in [0.717, 1.165) is 18.2 Å². The second kappa shape index (κ2) is 9.18. The van der Waals surface area contributed by atoms with E-state index >= 15 is 0 Å². The van der Waals surface area contributed by atoms with E-state index < -0.39 is 43.7 Å². The van der Waals surface area contributed by atoms with E-state index in [2.05, 4.69) is 0 Å². The highest BCUT2D eigenvalue weighted by Gasteiger charge is 2.55. The zero-order valence-corrected chi connectivity index (χ0v) is 17.3. The van der Waals surface area contributed by atoms with Crippen molar-refractivity contribution in [3.05, 3.63) is 23.2 Å². The van der Waals surface area contributed by atoms with E-state index in [-0.39, 0.29) is 25.8 Å². The Morgan fingerprint density at radius 2 is 1.86 bits per heavy atom. The summed E-state index contributed by atoms with van der Waals surface area (Å²) in [5, 5.41) is 10.7. The highest BCUT2D eigenvalue weighted by atomic mass is 35.5. The molecule has 0 saturated heterocycles. The molecule has 0 fully saturated rings. The van der Waals surface area contributed by atoms with Crippen molar-refractivity contribution in [1.29, 1.82) is 0 Å². The Morgan fingerprint density at radius 3 is 2.31 bits per heavy atom. The van der Waals surface area contributed by atoms with Crippen LogP contribution in [0.4, 0.5) is 23.7 Å². The zero-order valence-electron chi connectivity index (χ0n) is 15.7. The molecule has 164 valence electrons. The fourth-order valence-electron chi connectivity index (χ4n) is 1.97. The minimum atomic E-state index is -5.24. The molecule has 1 atom stereocenters. The number of aliphatic hydroxyl groups is 1. The van der Waals surface area contributed by atoms with Crippen molar-refractivity contribution in [2.75, 3.05) is 18.5 Å². The highest BCUT2D eigenvalue weighted by Crippen LogP contribution is 2.33. The van der Waals surface area contributed by atoms with E-state index in [1.165, 1.54) is 6.92 Å². The third-order valence-corrected chi connectivity index (χ3v) is 5.74. The Balaban J connectivity index is 3.22. The molecule has 13 heteroatoms. The fourth-order valence-corrected chi connectivity index (χ4v) is 3.69. The van der Waals surface area contributed by atoms with Crippen LogP contribution in [0.5, 0.6) is 0 Å². The van der Waals surface area contributed by atoms with E-state index in [1.54, 1.807) is 12.2 Å². The molecule has 0 radical (unpaired) electrons. The molecule has 8 nitrogen and oxygen atoms in total. The highest BCUT2D eigenvalue weighted by molar-refractivity contribution is 7.89. The molecule has 0 aliphatic carbocycles. The number of rotatable bonds is 7. The van der Waals surface area contributed by atoms with Crippen molar-refractivity contribution in [3.63, 3.8) is 0 Å². The summed E-state index contributed by atoms with van der Waals surface area (Å²) in [6.07, 6.45) is -6.04. The van der Waals surface area contributed by atoms with Gasteiger partial charge in [-0.2, -0.15) is 13.2 Å². The van der Waals surface area contributed by atoms with Crippen LogP contribution in [-0.2, 0) is 19.6 Å². The standard InChI is InChI=1S/C16H20ClF3N2O6S/c1-4-8-22(14(24)28-5-2)29(26,27)10-6-7-12(11(17)9-10)21-13(23)15(3,25)16(18,19)20/h6-7,9,25H,4-5,8H2,1-3H3,(H,21,23)/t15-/m1/s1. The maximum atomic E-state index is 12.7. The van der Waals surface area contributed by atoms with E-state index in [0.29, 0.717) is 10.7 Å². The Labute approximate surface area is 170 Å². The van der Waals surface area contributed by atoms with Gasteiger partial charge in [-0.05, 0) is 38.5 Å². The number of nitrogens with zero attached hydrogens (tertiary/aromatic N) is 1. The lowest BCUT2D eigenvalue weighted by molar-refractivity contribution is -0.242. The van der Waals surface area contributed by atoms with Crippen molar-refractivity contribution < 1.29 is 41.0 Å². The molecule has 2 amide bonds. The molecule has 0 aromatic heterocycles. The molecular formula is C16H20ClF3N2O6S. The first-order chi connectivity index (χ1) is 13.2. The molecule has 0 aliphatic heterocycles. The van der Waals surface area contributed by atoms with Crippen molar-refractivity contribution in [2.24, 2.45) is 0 Å². The average Bonchev–Trinajstić information content (AvgIpc) is 2.60. The first kappa shape index (κ1) is 25.0. The van der Waals surface area contributed by atoms with Crippen LogP contribution < -0.4 is 5.32 Å². The number of alkyl halides is 3. The van der Waals surface area contributed by atoms with Gasteiger partial charge in [0.25, 0.3) is 15.9 Å². The van der Waals surface area contributed by atoms with Gasteiger partial charge in [0, 0.05) is 6.54 Å². The summed E-state index contributed by atoms with van der Waals surface area (Å²) < 4.78 is 68.8. The molecule has 0 unspecified atom stereocenters. The number of carbonyl (C=O) groups excluding carboxylic acids is 2. The average molecular weight is 461 g/mol. The van der Waals surface area contributed by atoms with Gasteiger partial charge >= 0.3 is 12.3 Å². The second-order valence-corrected chi connectivity index (χ2v) is 8.21. The van der Waals surface area contributed by atoms with Gasteiger partial charge in [0.1, 0.15) is 0 Å². The van der Waals surface area contributed by atoms with Gasteiger partial charge in [-0.3, -0.25) is 4.79 Å². The summed E-state index contributed by atoms with van der Waals surface area (Å²) >= 11 is 5.89. The number of amides is 2. The molecule has 1 rings (SSSR count). The number of carbonyl (C=O) groups is 2. The smallest absolute Gasteiger partial charge is 0.426 e. The molecule has 0 aliphatic rings. The van der Waals surface area contributed by atoms with Crippen LogP contribution in [0.2, 0.25) is 5.02 Å². The number of ether oxygens (including phenoxy) is 1. The first-order valence-electron chi connectivity index (χ1n) is 8.29. The number of anilines is 1. The summed E-state index contributed by atoms with van der Waals surface area (Å²) in [7, 11) is -4.37. The van der Waals surface area contributed by atoms with E-state index in [1.807, 2.05) is 0 Å². The maximum absolute atomic E-state index is 12.7. The van der Waals surface area contributed by atoms with Crippen molar-refractivity contribution >= 4 is 39.3 Å². The number of halogens is 4. The third-order valence-electron chi connectivity index (χ3n) is 3.67. The number of hydrogen-bond donors (Lipinski definition) is 2. The number of benzene rings is 1. The first-order valence-corrected chi connectivity index (χ1v) is 10.1. The predicted molar refractivity (Wildman–Crippen MR) is 98.0 cm³/mol. The Kier molecular flexibility index (Phi) is 7.91. The number of sulfonamides is 1. The molecule has 0 bridgehead atoms. The lowest BCUT2D eigenvalue weighted by Gasteiger charge is -2.25.